The third-order valence-electron chi connectivity index (χ3n) is 3.44. The molecule has 1 aliphatic heterocycles. The second kappa shape index (κ2) is 5.73. The number of ketones is 1. The Labute approximate surface area is 121 Å². The van der Waals surface area contributed by atoms with Gasteiger partial charge in [-0.3, -0.25) is 4.79 Å². The highest BCUT2D eigenvalue weighted by Gasteiger charge is 2.21. The van der Waals surface area contributed by atoms with Gasteiger partial charge in [0, 0.05) is 10.9 Å². The van der Waals surface area contributed by atoms with E-state index in [-0.39, 0.29) is 5.78 Å². The Bertz CT molecular complexity index is 618. The number of carbonyl (C=O) groups is 1. The number of thiazole rings is 1. The summed E-state index contributed by atoms with van der Waals surface area (Å²) in [6, 6.07) is 7.49. The molecule has 0 aliphatic carbocycles. The normalized spacial score (nSPS) is 18.1. The molecule has 2 heterocycles. The van der Waals surface area contributed by atoms with Gasteiger partial charge in [0.25, 0.3) is 0 Å². The summed E-state index contributed by atoms with van der Waals surface area (Å²) >= 11 is 1.55. The lowest BCUT2D eigenvalue weighted by atomic mass is 10.1. The SMILES string of the molecule is COc1cccc(C(=O)c2csc(C3CCCN3)n2)c1. The first-order valence-electron chi connectivity index (χ1n) is 6.65. The van der Waals surface area contributed by atoms with Crippen molar-refractivity contribution in [1.82, 2.24) is 10.3 Å². The average molecular weight is 288 g/mol. The van der Waals surface area contributed by atoms with Crippen LogP contribution in [0.5, 0.6) is 5.75 Å². The Kier molecular flexibility index (Phi) is 3.80. The van der Waals surface area contributed by atoms with Gasteiger partial charge in [-0.1, -0.05) is 12.1 Å². The van der Waals surface area contributed by atoms with Crippen molar-refractivity contribution in [3.8, 4) is 5.75 Å². The highest BCUT2D eigenvalue weighted by molar-refractivity contribution is 7.10. The molecule has 0 radical (unpaired) electrons. The van der Waals surface area contributed by atoms with Crippen LogP contribution in [0.4, 0.5) is 0 Å². The number of methoxy groups -OCH3 is 1. The molecule has 0 amide bonds. The maximum atomic E-state index is 12.4. The van der Waals surface area contributed by atoms with Crippen LogP contribution in [0.3, 0.4) is 0 Å². The van der Waals surface area contributed by atoms with Crippen LogP contribution in [-0.2, 0) is 0 Å². The average Bonchev–Trinajstić information content (AvgIpc) is 3.17. The second-order valence-electron chi connectivity index (χ2n) is 4.78. The molecule has 104 valence electrons. The number of ether oxygens (including phenoxy) is 1. The molecule has 1 unspecified atom stereocenters. The van der Waals surface area contributed by atoms with Gasteiger partial charge in [-0.05, 0) is 31.5 Å². The quantitative estimate of drug-likeness (QED) is 0.879. The van der Waals surface area contributed by atoms with E-state index in [0.29, 0.717) is 23.0 Å². The van der Waals surface area contributed by atoms with Crippen molar-refractivity contribution >= 4 is 17.1 Å². The van der Waals surface area contributed by atoms with Crippen molar-refractivity contribution < 1.29 is 9.53 Å². The van der Waals surface area contributed by atoms with E-state index in [2.05, 4.69) is 10.3 Å². The van der Waals surface area contributed by atoms with E-state index in [1.807, 2.05) is 17.5 Å². The molecule has 1 aromatic carbocycles. The van der Waals surface area contributed by atoms with Crippen molar-refractivity contribution in [2.45, 2.75) is 18.9 Å². The standard InChI is InChI=1S/C15H16N2O2S/c1-19-11-5-2-4-10(8-11)14(18)13-9-20-15(17-13)12-6-3-7-16-12/h2,4-5,8-9,12,16H,3,6-7H2,1H3. The van der Waals surface area contributed by atoms with Gasteiger partial charge in [-0.15, -0.1) is 11.3 Å². The molecule has 5 heteroatoms. The van der Waals surface area contributed by atoms with Crippen molar-refractivity contribution in [2.24, 2.45) is 0 Å². The molecule has 0 bridgehead atoms. The summed E-state index contributed by atoms with van der Waals surface area (Å²) in [5.74, 6) is 0.633. The van der Waals surface area contributed by atoms with Gasteiger partial charge in [0.2, 0.25) is 5.78 Å². The van der Waals surface area contributed by atoms with Gasteiger partial charge in [-0.2, -0.15) is 0 Å². The predicted molar refractivity (Wildman–Crippen MR) is 78.5 cm³/mol. The van der Waals surface area contributed by atoms with Crippen molar-refractivity contribution in [3.63, 3.8) is 0 Å². The Balaban J connectivity index is 1.82. The summed E-state index contributed by atoms with van der Waals surface area (Å²) in [5, 5.41) is 6.25. The smallest absolute Gasteiger partial charge is 0.212 e. The number of aromatic nitrogens is 1. The van der Waals surface area contributed by atoms with Gasteiger partial charge in [0.05, 0.1) is 13.2 Å². The summed E-state index contributed by atoms with van der Waals surface area (Å²) in [7, 11) is 1.59. The minimum absolute atomic E-state index is 0.0515. The lowest BCUT2D eigenvalue weighted by Crippen LogP contribution is -2.13. The maximum Gasteiger partial charge on any atom is 0.212 e. The summed E-state index contributed by atoms with van der Waals surface area (Å²) in [6.45, 7) is 1.03. The fourth-order valence-electron chi connectivity index (χ4n) is 2.36. The lowest BCUT2D eigenvalue weighted by molar-refractivity contribution is 0.103. The number of nitrogens with zero attached hydrogens (tertiary/aromatic N) is 1. The Morgan fingerprint density at radius 1 is 1.50 bits per heavy atom. The van der Waals surface area contributed by atoms with Crippen LogP contribution in [0.25, 0.3) is 0 Å². The first-order valence-corrected chi connectivity index (χ1v) is 7.53. The topological polar surface area (TPSA) is 51.2 Å². The van der Waals surface area contributed by atoms with Crippen LogP contribution in [-0.4, -0.2) is 24.4 Å². The van der Waals surface area contributed by atoms with Gasteiger partial charge >= 0.3 is 0 Å². The number of rotatable bonds is 4. The Hall–Kier alpha value is -1.72. The van der Waals surface area contributed by atoms with E-state index in [1.54, 1.807) is 30.6 Å². The molecule has 1 aliphatic rings. The van der Waals surface area contributed by atoms with Gasteiger partial charge in [0.15, 0.2) is 0 Å². The fourth-order valence-corrected chi connectivity index (χ4v) is 3.27. The van der Waals surface area contributed by atoms with Crippen molar-refractivity contribution in [3.05, 3.63) is 45.9 Å². The molecule has 1 aromatic heterocycles. The van der Waals surface area contributed by atoms with Crippen LogP contribution < -0.4 is 10.1 Å². The molecular weight excluding hydrogens is 272 g/mol. The van der Waals surface area contributed by atoms with E-state index >= 15 is 0 Å². The number of hydrogen-bond acceptors (Lipinski definition) is 5. The van der Waals surface area contributed by atoms with Crippen LogP contribution in [0.2, 0.25) is 0 Å². The highest BCUT2D eigenvalue weighted by Crippen LogP contribution is 2.27. The van der Waals surface area contributed by atoms with E-state index in [9.17, 15) is 4.79 Å². The monoisotopic (exact) mass is 288 g/mol. The van der Waals surface area contributed by atoms with Crippen molar-refractivity contribution in [2.75, 3.05) is 13.7 Å². The Morgan fingerprint density at radius 2 is 2.40 bits per heavy atom. The molecule has 1 atom stereocenters. The summed E-state index contributed by atoms with van der Waals surface area (Å²) in [6.07, 6.45) is 2.27. The van der Waals surface area contributed by atoms with Crippen LogP contribution in [0.1, 0.15) is 39.9 Å². The zero-order valence-corrected chi connectivity index (χ0v) is 12.1. The third kappa shape index (κ3) is 2.59. The van der Waals surface area contributed by atoms with Gasteiger partial charge < -0.3 is 10.1 Å². The van der Waals surface area contributed by atoms with Crippen LogP contribution in [0.15, 0.2) is 29.6 Å². The molecule has 3 rings (SSSR count). The van der Waals surface area contributed by atoms with Crippen LogP contribution in [0, 0.1) is 0 Å². The first kappa shape index (κ1) is 13.3. The number of carbonyl (C=O) groups excluding carboxylic acids is 1. The molecule has 1 N–H and O–H groups in total. The zero-order valence-electron chi connectivity index (χ0n) is 11.3. The summed E-state index contributed by atoms with van der Waals surface area (Å²) < 4.78 is 5.15. The maximum absolute atomic E-state index is 12.4. The zero-order chi connectivity index (χ0) is 13.9. The Morgan fingerprint density at radius 3 is 3.15 bits per heavy atom. The molecule has 0 spiro atoms. The molecule has 1 fully saturated rings. The molecule has 4 nitrogen and oxygen atoms in total. The molecular formula is C15H16N2O2S. The van der Waals surface area contributed by atoms with Gasteiger partial charge in [0.1, 0.15) is 16.5 Å². The summed E-state index contributed by atoms with van der Waals surface area (Å²) in [4.78, 5) is 16.9. The third-order valence-corrected chi connectivity index (χ3v) is 4.40. The van der Waals surface area contributed by atoms with E-state index in [1.165, 1.54) is 6.42 Å². The predicted octanol–water partition coefficient (Wildman–Crippen LogP) is 2.81. The van der Waals surface area contributed by atoms with E-state index < -0.39 is 0 Å². The molecule has 2 aromatic rings. The van der Waals surface area contributed by atoms with Gasteiger partial charge in [-0.25, -0.2) is 4.98 Å². The lowest BCUT2D eigenvalue weighted by Gasteiger charge is -2.04. The highest BCUT2D eigenvalue weighted by atomic mass is 32.1. The largest absolute Gasteiger partial charge is 0.497 e. The second-order valence-corrected chi connectivity index (χ2v) is 5.67. The molecule has 0 saturated carbocycles. The molecule has 1 saturated heterocycles. The fraction of sp³-hybridized carbons (Fsp3) is 0.333. The molecule has 20 heavy (non-hydrogen) atoms. The number of benzene rings is 1. The minimum atomic E-state index is -0.0515. The number of nitrogens with one attached hydrogen (secondary N) is 1. The first-order chi connectivity index (χ1) is 9.78. The van der Waals surface area contributed by atoms with E-state index in [0.717, 1.165) is 18.0 Å². The minimum Gasteiger partial charge on any atom is -0.497 e. The number of hydrogen-bond donors (Lipinski definition) is 1. The van der Waals surface area contributed by atoms with Crippen molar-refractivity contribution in [1.29, 1.82) is 0 Å². The van der Waals surface area contributed by atoms with Crippen LogP contribution >= 0.6 is 11.3 Å². The van der Waals surface area contributed by atoms with E-state index in [4.69, 9.17) is 4.74 Å². The summed E-state index contributed by atoms with van der Waals surface area (Å²) in [5.41, 5.74) is 1.13.